The number of nitrogens with one attached hydrogen (secondary N) is 1. The maximum atomic E-state index is 13.8. The standard InChI is InChI=1S/C24H38BrF3N2O3S/c1-33-23(32)15-8-6-14(7-9-15)12-19-22(31)30(18-10-11-20(25)29-21(18)34-19)13-16-4-2-3-5-17(16)24(26,27)28/h14-22,29,31H,2-13H2,1H3. The van der Waals surface area contributed by atoms with Crippen LogP contribution in [0.15, 0.2) is 0 Å². The van der Waals surface area contributed by atoms with Crippen LogP contribution >= 0.6 is 27.7 Å². The fraction of sp³-hybridized carbons (Fsp3) is 0.958. The van der Waals surface area contributed by atoms with Crippen LogP contribution < -0.4 is 5.32 Å². The third-order valence-corrected chi connectivity index (χ3v) is 10.8. The SMILES string of the molecule is COC(=O)C1CCC(CC2SC3NC(Br)CCC3N(CC3CCCCC3C(F)(F)F)C2O)CC1. The van der Waals surface area contributed by atoms with Gasteiger partial charge >= 0.3 is 12.1 Å². The van der Waals surface area contributed by atoms with Crippen molar-refractivity contribution in [3.8, 4) is 0 Å². The topological polar surface area (TPSA) is 61.8 Å². The molecule has 2 aliphatic heterocycles. The highest BCUT2D eigenvalue weighted by Crippen LogP contribution is 2.46. The Labute approximate surface area is 213 Å². The highest BCUT2D eigenvalue weighted by molar-refractivity contribution is 9.09. The second-order valence-electron chi connectivity index (χ2n) is 10.7. The molecule has 5 nitrogen and oxygen atoms in total. The Bertz CT molecular complexity index is 695. The minimum absolute atomic E-state index is 0.0363. The molecular formula is C24H38BrF3N2O3S. The zero-order chi connectivity index (χ0) is 24.5. The van der Waals surface area contributed by atoms with Gasteiger partial charge in [0.05, 0.1) is 29.3 Å². The number of aliphatic hydroxyl groups is 1. The molecule has 0 bridgehead atoms. The molecule has 7 atom stereocenters. The summed E-state index contributed by atoms with van der Waals surface area (Å²) in [6.45, 7) is 0.313. The Morgan fingerprint density at radius 1 is 1.12 bits per heavy atom. The molecule has 34 heavy (non-hydrogen) atoms. The van der Waals surface area contributed by atoms with Crippen molar-refractivity contribution in [1.29, 1.82) is 0 Å². The Hall–Kier alpha value is -0.0300. The summed E-state index contributed by atoms with van der Waals surface area (Å²) < 4.78 is 46.3. The van der Waals surface area contributed by atoms with Crippen LogP contribution in [0.4, 0.5) is 13.2 Å². The van der Waals surface area contributed by atoms with Crippen LogP contribution in [0.2, 0.25) is 0 Å². The van der Waals surface area contributed by atoms with Crippen LogP contribution in [0.5, 0.6) is 0 Å². The van der Waals surface area contributed by atoms with E-state index in [2.05, 4.69) is 21.2 Å². The molecule has 0 spiro atoms. The molecule has 0 aromatic carbocycles. The van der Waals surface area contributed by atoms with Gasteiger partial charge in [0.25, 0.3) is 0 Å². The molecule has 0 radical (unpaired) electrons. The molecule has 0 aromatic heterocycles. The van der Waals surface area contributed by atoms with E-state index in [9.17, 15) is 23.1 Å². The summed E-state index contributed by atoms with van der Waals surface area (Å²) in [5, 5.41) is 15.1. The van der Waals surface area contributed by atoms with E-state index in [0.717, 1.165) is 51.4 Å². The lowest BCUT2D eigenvalue weighted by atomic mass is 9.77. The summed E-state index contributed by atoms with van der Waals surface area (Å²) in [6, 6.07) is 0.0379. The van der Waals surface area contributed by atoms with E-state index in [1.165, 1.54) is 7.11 Å². The number of alkyl halides is 4. The maximum absolute atomic E-state index is 13.8. The van der Waals surface area contributed by atoms with Crippen molar-refractivity contribution in [1.82, 2.24) is 10.2 Å². The number of methoxy groups -OCH3 is 1. The zero-order valence-electron chi connectivity index (χ0n) is 19.8. The quantitative estimate of drug-likeness (QED) is 0.267. The van der Waals surface area contributed by atoms with E-state index in [-0.39, 0.29) is 39.9 Å². The summed E-state index contributed by atoms with van der Waals surface area (Å²) in [5.74, 6) is -1.49. The van der Waals surface area contributed by atoms with Crippen molar-refractivity contribution < 1.29 is 27.8 Å². The molecule has 7 unspecified atom stereocenters. The number of thioether (sulfide) groups is 1. The van der Waals surface area contributed by atoms with Gasteiger partial charge in [-0.25, -0.2) is 0 Å². The molecule has 0 aromatic rings. The average Bonchev–Trinajstić information content (AvgIpc) is 2.81. The molecule has 2 heterocycles. The number of esters is 1. The number of piperidine rings is 1. The van der Waals surface area contributed by atoms with E-state index >= 15 is 0 Å². The highest BCUT2D eigenvalue weighted by Gasteiger charge is 2.50. The first kappa shape index (κ1) is 27.0. The van der Waals surface area contributed by atoms with Crippen molar-refractivity contribution in [2.45, 2.75) is 105 Å². The second kappa shape index (κ2) is 11.6. The first-order valence-corrected chi connectivity index (χ1v) is 14.7. The lowest BCUT2D eigenvalue weighted by Gasteiger charge is -2.53. The molecule has 2 aliphatic carbocycles. The molecule has 2 saturated carbocycles. The monoisotopic (exact) mass is 570 g/mol. The number of rotatable bonds is 5. The van der Waals surface area contributed by atoms with E-state index in [4.69, 9.17) is 4.74 Å². The fourth-order valence-electron chi connectivity index (χ4n) is 6.66. The number of ether oxygens (including phenoxy) is 1. The summed E-state index contributed by atoms with van der Waals surface area (Å²) in [7, 11) is 1.43. The Kier molecular flexibility index (Phi) is 9.19. The second-order valence-corrected chi connectivity index (χ2v) is 13.1. The van der Waals surface area contributed by atoms with Gasteiger partial charge in [-0.2, -0.15) is 13.2 Å². The van der Waals surface area contributed by atoms with Gasteiger partial charge in [-0.05, 0) is 69.6 Å². The summed E-state index contributed by atoms with van der Waals surface area (Å²) in [6.07, 6.45) is 3.35. The van der Waals surface area contributed by atoms with Crippen LogP contribution in [0, 0.1) is 23.7 Å². The van der Waals surface area contributed by atoms with Crippen molar-refractivity contribution >= 4 is 33.7 Å². The molecule has 2 N–H and O–H groups in total. The summed E-state index contributed by atoms with van der Waals surface area (Å²) in [5.41, 5.74) is 0. The fourth-order valence-corrected chi connectivity index (χ4v) is 9.15. The molecule has 196 valence electrons. The van der Waals surface area contributed by atoms with Gasteiger partial charge in [0.2, 0.25) is 0 Å². The number of halogens is 4. The number of fused-ring (bicyclic) bond motifs is 1. The Morgan fingerprint density at radius 2 is 1.82 bits per heavy atom. The normalized spacial score (nSPS) is 42.1. The number of carbonyl (C=O) groups excluding carboxylic acids is 1. The van der Waals surface area contributed by atoms with Crippen molar-refractivity contribution in [3.63, 3.8) is 0 Å². The average molecular weight is 572 g/mol. The van der Waals surface area contributed by atoms with E-state index in [0.29, 0.717) is 25.3 Å². The summed E-state index contributed by atoms with van der Waals surface area (Å²) in [4.78, 5) is 14.1. The lowest BCUT2D eigenvalue weighted by molar-refractivity contribution is -0.201. The maximum Gasteiger partial charge on any atom is 0.392 e. The smallest absolute Gasteiger partial charge is 0.392 e. The number of aliphatic hydroxyl groups excluding tert-OH is 1. The van der Waals surface area contributed by atoms with Gasteiger partial charge in [-0.1, -0.05) is 28.8 Å². The number of hydrogen-bond donors (Lipinski definition) is 2. The van der Waals surface area contributed by atoms with Gasteiger partial charge in [0.1, 0.15) is 6.23 Å². The first-order valence-electron chi connectivity index (χ1n) is 12.8. The minimum atomic E-state index is -4.18. The van der Waals surface area contributed by atoms with Gasteiger partial charge in [-0.15, -0.1) is 11.8 Å². The van der Waals surface area contributed by atoms with Crippen molar-refractivity contribution in [3.05, 3.63) is 0 Å². The summed E-state index contributed by atoms with van der Waals surface area (Å²) >= 11 is 5.42. The Balaban J connectivity index is 1.45. The van der Waals surface area contributed by atoms with Crippen molar-refractivity contribution in [2.75, 3.05) is 13.7 Å². The van der Waals surface area contributed by atoms with Crippen LogP contribution in [-0.2, 0) is 9.53 Å². The van der Waals surface area contributed by atoms with Crippen LogP contribution in [0.1, 0.15) is 70.6 Å². The van der Waals surface area contributed by atoms with Crippen LogP contribution in [0.3, 0.4) is 0 Å². The van der Waals surface area contributed by atoms with Gasteiger partial charge in [-0.3, -0.25) is 15.0 Å². The van der Waals surface area contributed by atoms with Crippen LogP contribution in [0.25, 0.3) is 0 Å². The molecule has 0 amide bonds. The number of nitrogens with zero attached hydrogens (tertiary/aromatic N) is 1. The minimum Gasteiger partial charge on any atom is -0.469 e. The first-order chi connectivity index (χ1) is 16.2. The van der Waals surface area contributed by atoms with Gasteiger partial charge in [0, 0.05) is 17.8 Å². The van der Waals surface area contributed by atoms with E-state index in [1.54, 1.807) is 11.8 Å². The molecule has 10 heteroatoms. The van der Waals surface area contributed by atoms with Crippen molar-refractivity contribution in [2.24, 2.45) is 23.7 Å². The van der Waals surface area contributed by atoms with Crippen LogP contribution in [-0.4, -0.2) is 63.7 Å². The van der Waals surface area contributed by atoms with Gasteiger partial charge in [0.15, 0.2) is 0 Å². The lowest BCUT2D eigenvalue weighted by Crippen LogP contribution is -2.64. The molecular weight excluding hydrogens is 533 g/mol. The number of hydrogen-bond acceptors (Lipinski definition) is 6. The third-order valence-electron chi connectivity index (χ3n) is 8.55. The molecule has 4 fully saturated rings. The van der Waals surface area contributed by atoms with Gasteiger partial charge < -0.3 is 9.84 Å². The highest BCUT2D eigenvalue weighted by atomic mass is 79.9. The predicted octanol–water partition coefficient (Wildman–Crippen LogP) is 5.26. The predicted molar refractivity (Wildman–Crippen MR) is 130 cm³/mol. The Morgan fingerprint density at radius 3 is 2.50 bits per heavy atom. The van der Waals surface area contributed by atoms with E-state index < -0.39 is 24.2 Å². The zero-order valence-corrected chi connectivity index (χ0v) is 22.2. The molecule has 4 rings (SSSR count). The molecule has 2 saturated heterocycles. The van der Waals surface area contributed by atoms with E-state index in [1.807, 2.05) is 4.90 Å². The third kappa shape index (κ3) is 6.26. The number of carbonyl (C=O) groups is 1. The largest absolute Gasteiger partial charge is 0.469 e. The molecule has 4 aliphatic rings.